The molecule has 0 N–H and O–H groups in total. The number of rotatable bonds is 6. The van der Waals surface area contributed by atoms with Gasteiger partial charge in [0.2, 0.25) is 5.91 Å². The number of carbonyl (C=O) groups excluding carboxylic acids is 1. The lowest BCUT2D eigenvalue weighted by Crippen LogP contribution is -2.42. The Morgan fingerprint density at radius 3 is 2.48 bits per heavy atom. The van der Waals surface area contributed by atoms with E-state index in [0.29, 0.717) is 11.4 Å². The van der Waals surface area contributed by atoms with Gasteiger partial charge in [0.15, 0.2) is 0 Å². The van der Waals surface area contributed by atoms with Gasteiger partial charge in [0.05, 0.1) is 6.20 Å². The van der Waals surface area contributed by atoms with Gasteiger partial charge in [-0.2, -0.15) is 5.10 Å². The number of aryl methyl sites for hydroxylation is 1. The molecule has 3 heterocycles. The summed E-state index contributed by atoms with van der Waals surface area (Å²) >= 11 is 0. The minimum Gasteiger partial charge on any atom is -0.341 e. The molecule has 2 aromatic carbocycles. The van der Waals surface area contributed by atoms with Crippen LogP contribution >= 0.6 is 0 Å². The molecule has 0 spiro atoms. The van der Waals surface area contributed by atoms with Crippen molar-refractivity contribution in [2.45, 2.75) is 45.7 Å². The fraction of sp³-hybridized carbons (Fsp3) is 0.370. The summed E-state index contributed by atoms with van der Waals surface area (Å²) in [5.41, 5.74) is 2.85. The molecular formula is C27H30N4O2. The summed E-state index contributed by atoms with van der Waals surface area (Å²) < 4.78 is 3.41. The summed E-state index contributed by atoms with van der Waals surface area (Å²) in [6.07, 6.45) is 5.71. The van der Waals surface area contributed by atoms with Gasteiger partial charge in [-0.25, -0.2) is 4.68 Å². The summed E-state index contributed by atoms with van der Waals surface area (Å²) in [5.74, 6) is 0.568. The van der Waals surface area contributed by atoms with Gasteiger partial charge in [0, 0.05) is 35.9 Å². The molecule has 4 aromatic rings. The highest BCUT2D eigenvalue weighted by molar-refractivity contribution is 6.07. The minimum atomic E-state index is -0.190. The van der Waals surface area contributed by atoms with Gasteiger partial charge in [-0.3, -0.25) is 9.59 Å². The third-order valence-corrected chi connectivity index (χ3v) is 6.84. The van der Waals surface area contributed by atoms with E-state index in [2.05, 4.69) is 40.9 Å². The molecule has 0 saturated carbocycles. The first kappa shape index (κ1) is 21.4. The molecule has 170 valence electrons. The van der Waals surface area contributed by atoms with Crippen LogP contribution in [0.15, 0.2) is 65.6 Å². The molecule has 0 atom stereocenters. The van der Waals surface area contributed by atoms with Gasteiger partial charge in [0.25, 0.3) is 5.56 Å². The van der Waals surface area contributed by atoms with Crippen LogP contribution in [0.4, 0.5) is 0 Å². The fourth-order valence-corrected chi connectivity index (χ4v) is 5.12. The van der Waals surface area contributed by atoms with Crippen LogP contribution in [0.2, 0.25) is 0 Å². The lowest BCUT2D eigenvalue weighted by molar-refractivity contribution is -0.133. The van der Waals surface area contributed by atoms with E-state index in [1.54, 1.807) is 6.20 Å². The van der Waals surface area contributed by atoms with E-state index in [0.717, 1.165) is 61.6 Å². The van der Waals surface area contributed by atoms with Crippen molar-refractivity contribution in [1.82, 2.24) is 19.2 Å². The Bertz CT molecular complexity index is 1330. The molecule has 2 aromatic heterocycles. The standard InChI is InChI=1S/C27H30N4O2/c1-2-14-30-24-11-7-6-10-22(24)23-18-28-31(27(33)26(23)30)19-25(32)29-15-12-21(13-16-29)17-20-8-4-3-5-9-20/h3-11,18,21H,2,12-17,19H2,1H3. The van der Waals surface area contributed by atoms with E-state index in [1.807, 2.05) is 35.2 Å². The molecule has 1 saturated heterocycles. The smallest absolute Gasteiger partial charge is 0.291 e. The van der Waals surface area contributed by atoms with Gasteiger partial charge in [-0.05, 0) is 43.2 Å². The molecule has 1 aliphatic heterocycles. The van der Waals surface area contributed by atoms with E-state index in [-0.39, 0.29) is 18.0 Å². The zero-order chi connectivity index (χ0) is 22.8. The van der Waals surface area contributed by atoms with Gasteiger partial charge in [-0.1, -0.05) is 55.5 Å². The number of nitrogens with zero attached hydrogens (tertiary/aromatic N) is 4. The molecule has 6 nitrogen and oxygen atoms in total. The second-order valence-electron chi connectivity index (χ2n) is 9.05. The van der Waals surface area contributed by atoms with E-state index in [1.165, 1.54) is 10.2 Å². The lowest BCUT2D eigenvalue weighted by Gasteiger charge is -2.32. The summed E-state index contributed by atoms with van der Waals surface area (Å²) in [5, 5.41) is 6.27. The van der Waals surface area contributed by atoms with Crippen LogP contribution in [0.1, 0.15) is 31.7 Å². The topological polar surface area (TPSA) is 60.1 Å². The molecule has 0 unspecified atom stereocenters. The molecule has 0 aliphatic carbocycles. The number of hydrogen-bond acceptors (Lipinski definition) is 3. The number of hydrogen-bond donors (Lipinski definition) is 0. The molecular weight excluding hydrogens is 412 g/mol. The van der Waals surface area contributed by atoms with Crippen molar-refractivity contribution in [3.8, 4) is 0 Å². The first-order chi connectivity index (χ1) is 16.2. The van der Waals surface area contributed by atoms with Gasteiger partial charge < -0.3 is 9.47 Å². The Morgan fingerprint density at radius 2 is 1.73 bits per heavy atom. The molecule has 5 rings (SSSR count). The predicted molar refractivity (Wildman–Crippen MR) is 131 cm³/mol. The zero-order valence-electron chi connectivity index (χ0n) is 19.1. The van der Waals surface area contributed by atoms with Crippen LogP contribution in [0.25, 0.3) is 21.8 Å². The first-order valence-corrected chi connectivity index (χ1v) is 11.9. The second kappa shape index (κ2) is 9.22. The average Bonchev–Trinajstić information content (AvgIpc) is 3.16. The zero-order valence-corrected chi connectivity index (χ0v) is 19.1. The number of fused-ring (bicyclic) bond motifs is 3. The van der Waals surface area contributed by atoms with E-state index in [9.17, 15) is 9.59 Å². The summed E-state index contributed by atoms with van der Waals surface area (Å²) in [6.45, 7) is 4.33. The monoisotopic (exact) mass is 442 g/mol. The highest BCUT2D eigenvalue weighted by Crippen LogP contribution is 2.26. The number of likely N-dealkylation sites (tertiary alicyclic amines) is 1. The largest absolute Gasteiger partial charge is 0.341 e. The maximum Gasteiger partial charge on any atom is 0.291 e. The third-order valence-electron chi connectivity index (χ3n) is 6.84. The van der Waals surface area contributed by atoms with Crippen LogP contribution in [-0.4, -0.2) is 38.2 Å². The van der Waals surface area contributed by atoms with Crippen LogP contribution in [0, 0.1) is 5.92 Å². The third kappa shape index (κ3) is 4.17. The highest BCUT2D eigenvalue weighted by Gasteiger charge is 2.24. The number of amides is 1. The van der Waals surface area contributed by atoms with Crippen LogP contribution in [-0.2, 0) is 24.3 Å². The Labute approximate surface area is 193 Å². The quantitative estimate of drug-likeness (QED) is 0.449. The summed E-state index contributed by atoms with van der Waals surface area (Å²) in [7, 11) is 0. The summed E-state index contributed by atoms with van der Waals surface area (Å²) in [6, 6.07) is 18.6. The normalized spacial score (nSPS) is 14.9. The number of aromatic nitrogens is 3. The number of para-hydroxylation sites is 1. The Morgan fingerprint density at radius 1 is 1.00 bits per heavy atom. The van der Waals surface area contributed by atoms with E-state index >= 15 is 0 Å². The Hall–Kier alpha value is -3.41. The van der Waals surface area contributed by atoms with Crippen LogP contribution in [0.5, 0.6) is 0 Å². The maximum absolute atomic E-state index is 13.4. The molecule has 6 heteroatoms. The highest BCUT2D eigenvalue weighted by atomic mass is 16.2. The van der Waals surface area contributed by atoms with Gasteiger partial charge in [0.1, 0.15) is 12.1 Å². The van der Waals surface area contributed by atoms with Crippen LogP contribution in [0.3, 0.4) is 0 Å². The van der Waals surface area contributed by atoms with Gasteiger partial charge >= 0.3 is 0 Å². The molecule has 0 radical (unpaired) electrons. The first-order valence-electron chi connectivity index (χ1n) is 11.9. The minimum absolute atomic E-state index is 0.00816. The number of benzene rings is 2. The van der Waals surface area contributed by atoms with Crippen molar-refractivity contribution >= 4 is 27.7 Å². The van der Waals surface area contributed by atoms with E-state index < -0.39 is 0 Å². The Balaban J connectivity index is 1.33. The molecule has 0 bridgehead atoms. The number of piperidine rings is 1. The van der Waals surface area contributed by atoms with Crippen molar-refractivity contribution in [2.75, 3.05) is 13.1 Å². The van der Waals surface area contributed by atoms with Crippen molar-refractivity contribution in [1.29, 1.82) is 0 Å². The SMILES string of the molecule is CCCn1c2ccccc2c2cnn(CC(=O)N3CCC(Cc4ccccc4)CC3)c(=O)c21. The maximum atomic E-state index is 13.4. The fourth-order valence-electron chi connectivity index (χ4n) is 5.12. The van der Waals surface area contributed by atoms with Crippen molar-refractivity contribution in [2.24, 2.45) is 5.92 Å². The van der Waals surface area contributed by atoms with Crippen molar-refractivity contribution in [3.63, 3.8) is 0 Å². The average molecular weight is 443 g/mol. The van der Waals surface area contributed by atoms with Gasteiger partial charge in [-0.15, -0.1) is 0 Å². The molecule has 1 amide bonds. The van der Waals surface area contributed by atoms with E-state index in [4.69, 9.17) is 0 Å². The lowest BCUT2D eigenvalue weighted by atomic mass is 9.90. The van der Waals surface area contributed by atoms with Crippen molar-refractivity contribution < 1.29 is 4.79 Å². The molecule has 33 heavy (non-hydrogen) atoms. The van der Waals surface area contributed by atoms with Crippen molar-refractivity contribution in [3.05, 3.63) is 76.7 Å². The second-order valence-corrected chi connectivity index (χ2v) is 9.05. The number of carbonyl (C=O) groups is 1. The predicted octanol–water partition coefficient (Wildman–Crippen LogP) is 4.24. The Kier molecular flexibility index (Phi) is 5.99. The molecule has 1 fully saturated rings. The molecule has 1 aliphatic rings. The van der Waals surface area contributed by atoms with Crippen LogP contribution < -0.4 is 5.56 Å². The summed E-state index contributed by atoms with van der Waals surface area (Å²) in [4.78, 5) is 28.3.